The fourth-order valence-corrected chi connectivity index (χ4v) is 3.37. The average Bonchev–Trinajstić information content (AvgIpc) is 2.79. The third-order valence-electron chi connectivity index (χ3n) is 4.55. The van der Waals surface area contributed by atoms with Crippen LogP contribution in [-0.4, -0.2) is 74.7 Å². The van der Waals surface area contributed by atoms with Crippen LogP contribution >= 0.6 is 0 Å². The first-order chi connectivity index (χ1) is 9.19. The number of methoxy groups -OCH3 is 1. The van der Waals surface area contributed by atoms with Gasteiger partial charge in [0.1, 0.15) is 5.54 Å². The summed E-state index contributed by atoms with van der Waals surface area (Å²) < 4.78 is 5.16. The van der Waals surface area contributed by atoms with Crippen molar-refractivity contribution >= 4 is 5.97 Å². The highest BCUT2D eigenvalue weighted by molar-refractivity contribution is 5.80. The smallest absolute Gasteiger partial charge is 0.326 e. The Morgan fingerprint density at radius 3 is 2.74 bits per heavy atom. The zero-order valence-corrected chi connectivity index (χ0v) is 12.3. The Balaban J connectivity index is 2.19. The van der Waals surface area contributed by atoms with Crippen molar-refractivity contribution in [1.29, 1.82) is 0 Å². The standard InChI is InChI=1S/C14H27N3O2/c1-16-9-3-5-14(6-11-16,13(18)19-2)17-10-4-7-15-8-12-17/h15H,3-12H2,1-2H3. The highest BCUT2D eigenvalue weighted by atomic mass is 16.5. The molecule has 0 amide bonds. The molecule has 5 nitrogen and oxygen atoms in total. The van der Waals surface area contributed by atoms with Crippen molar-refractivity contribution < 1.29 is 9.53 Å². The van der Waals surface area contributed by atoms with Gasteiger partial charge < -0.3 is 15.0 Å². The number of nitrogens with one attached hydrogen (secondary N) is 1. The SMILES string of the molecule is COC(=O)C1(N2CCCNCC2)CCCN(C)CC1. The van der Waals surface area contributed by atoms with E-state index in [9.17, 15) is 4.79 Å². The van der Waals surface area contributed by atoms with E-state index >= 15 is 0 Å². The van der Waals surface area contributed by atoms with Crippen molar-refractivity contribution in [3.8, 4) is 0 Å². The molecule has 2 aliphatic rings. The Bertz CT molecular complexity index is 303. The van der Waals surface area contributed by atoms with Gasteiger partial charge in [-0.2, -0.15) is 0 Å². The van der Waals surface area contributed by atoms with Crippen molar-refractivity contribution in [3.63, 3.8) is 0 Å². The molecule has 0 aliphatic carbocycles. The van der Waals surface area contributed by atoms with Crippen LogP contribution in [0.3, 0.4) is 0 Å². The first-order valence-electron chi connectivity index (χ1n) is 7.42. The maximum Gasteiger partial charge on any atom is 0.326 e. The van der Waals surface area contributed by atoms with Crippen molar-refractivity contribution in [2.24, 2.45) is 0 Å². The average molecular weight is 269 g/mol. The molecule has 0 saturated carbocycles. The summed E-state index contributed by atoms with van der Waals surface area (Å²) in [6, 6.07) is 0. The van der Waals surface area contributed by atoms with Crippen molar-refractivity contribution in [2.75, 3.05) is 53.4 Å². The topological polar surface area (TPSA) is 44.8 Å². The van der Waals surface area contributed by atoms with Gasteiger partial charge in [-0.15, -0.1) is 0 Å². The van der Waals surface area contributed by atoms with Crippen LogP contribution in [-0.2, 0) is 9.53 Å². The quantitative estimate of drug-likeness (QED) is 0.731. The van der Waals surface area contributed by atoms with Gasteiger partial charge in [0.05, 0.1) is 7.11 Å². The summed E-state index contributed by atoms with van der Waals surface area (Å²) in [7, 11) is 3.66. The summed E-state index contributed by atoms with van der Waals surface area (Å²) >= 11 is 0. The summed E-state index contributed by atoms with van der Waals surface area (Å²) in [5, 5.41) is 3.41. The number of hydrogen-bond donors (Lipinski definition) is 1. The summed E-state index contributed by atoms with van der Waals surface area (Å²) in [5.41, 5.74) is -0.397. The number of ether oxygens (including phenoxy) is 1. The fourth-order valence-electron chi connectivity index (χ4n) is 3.37. The van der Waals surface area contributed by atoms with Crippen LogP contribution in [0, 0.1) is 0 Å². The van der Waals surface area contributed by atoms with Crippen LogP contribution < -0.4 is 5.32 Å². The van der Waals surface area contributed by atoms with Crippen LogP contribution in [0.15, 0.2) is 0 Å². The monoisotopic (exact) mass is 269 g/mol. The lowest BCUT2D eigenvalue weighted by Gasteiger charge is -2.40. The van der Waals surface area contributed by atoms with Gasteiger partial charge in [0.2, 0.25) is 0 Å². The number of carbonyl (C=O) groups is 1. The van der Waals surface area contributed by atoms with E-state index in [1.807, 2.05) is 0 Å². The predicted molar refractivity (Wildman–Crippen MR) is 75.2 cm³/mol. The van der Waals surface area contributed by atoms with E-state index < -0.39 is 5.54 Å². The Morgan fingerprint density at radius 1 is 1.11 bits per heavy atom. The molecule has 0 spiro atoms. The van der Waals surface area contributed by atoms with E-state index in [0.29, 0.717) is 0 Å². The summed E-state index contributed by atoms with van der Waals surface area (Å²) in [5.74, 6) is -0.0373. The van der Waals surface area contributed by atoms with E-state index in [1.54, 1.807) is 0 Å². The van der Waals surface area contributed by atoms with Crippen LogP contribution in [0.5, 0.6) is 0 Å². The van der Waals surface area contributed by atoms with E-state index in [-0.39, 0.29) is 5.97 Å². The van der Waals surface area contributed by atoms with Crippen LogP contribution in [0.4, 0.5) is 0 Å². The molecule has 0 bridgehead atoms. The molecule has 0 aromatic heterocycles. The minimum absolute atomic E-state index is 0.0373. The number of carbonyl (C=O) groups excluding carboxylic acids is 1. The number of esters is 1. The summed E-state index contributed by atoms with van der Waals surface area (Å²) in [6.07, 6.45) is 3.98. The molecule has 0 radical (unpaired) electrons. The minimum atomic E-state index is -0.397. The second-order valence-corrected chi connectivity index (χ2v) is 5.77. The van der Waals surface area contributed by atoms with Gasteiger partial charge in [-0.05, 0) is 45.8 Å². The van der Waals surface area contributed by atoms with Gasteiger partial charge in [-0.3, -0.25) is 9.69 Å². The normalized spacial score (nSPS) is 31.5. The van der Waals surface area contributed by atoms with Gasteiger partial charge in [0, 0.05) is 26.2 Å². The molecule has 1 unspecified atom stereocenters. The van der Waals surface area contributed by atoms with Crippen LogP contribution in [0.1, 0.15) is 25.7 Å². The van der Waals surface area contributed by atoms with Gasteiger partial charge in [0.15, 0.2) is 0 Å². The molecule has 2 heterocycles. The largest absolute Gasteiger partial charge is 0.468 e. The second-order valence-electron chi connectivity index (χ2n) is 5.77. The zero-order valence-electron chi connectivity index (χ0n) is 12.3. The zero-order chi connectivity index (χ0) is 13.7. The maximum absolute atomic E-state index is 12.5. The number of nitrogens with zero attached hydrogens (tertiary/aromatic N) is 2. The lowest BCUT2D eigenvalue weighted by Crippen LogP contribution is -2.56. The third-order valence-corrected chi connectivity index (χ3v) is 4.55. The lowest BCUT2D eigenvalue weighted by atomic mass is 9.88. The molecule has 1 atom stereocenters. The fraction of sp³-hybridized carbons (Fsp3) is 0.929. The van der Waals surface area contributed by atoms with Gasteiger partial charge >= 0.3 is 5.97 Å². The molecule has 2 rings (SSSR count). The van der Waals surface area contributed by atoms with Gasteiger partial charge in [0.25, 0.3) is 0 Å². The molecule has 1 N–H and O–H groups in total. The first-order valence-corrected chi connectivity index (χ1v) is 7.42. The highest BCUT2D eigenvalue weighted by Gasteiger charge is 2.45. The molecular weight excluding hydrogens is 242 g/mol. The molecule has 2 saturated heterocycles. The Kier molecular flexibility index (Phi) is 5.19. The Morgan fingerprint density at radius 2 is 1.95 bits per heavy atom. The van der Waals surface area contributed by atoms with E-state index in [2.05, 4.69) is 22.2 Å². The number of likely N-dealkylation sites (tertiary alicyclic amines) is 1. The molecule has 19 heavy (non-hydrogen) atoms. The van der Waals surface area contributed by atoms with Crippen molar-refractivity contribution in [1.82, 2.24) is 15.1 Å². The second kappa shape index (κ2) is 6.68. The molecule has 110 valence electrons. The van der Waals surface area contributed by atoms with Crippen LogP contribution in [0.25, 0.3) is 0 Å². The Hall–Kier alpha value is -0.650. The first kappa shape index (κ1) is 14.8. The Labute approximate surface area is 116 Å². The molecule has 2 aliphatic heterocycles. The van der Waals surface area contributed by atoms with E-state index in [0.717, 1.165) is 65.0 Å². The van der Waals surface area contributed by atoms with Gasteiger partial charge in [-0.25, -0.2) is 0 Å². The highest BCUT2D eigenvalue weighted by Crippen LogP contribution is 2.30. The molecule has 2 fully saturated rings. The number of rotatable bonds is 2. The molecule has 0 aromatic carbocycles. The third kappa shape index (κ3) is 3.27. The van der Waals surface area contributed by atoms with E-state index in [4.69, 9.17) is 4.74 Å². The molecule has 5 heteroatoms. The predicted octanol–water partition coefficient (Wildman–Crippen LogP) is 0.309. The number of hydrogen-bond acceptors (Lipinski definition) is 5. The van der Waals surface area contributed by atoms with E-state index in [1.165, 1.54) is 7.11 Å². The maximum atomic E-state index is 12.5. The van der Waals surface area contributed by atoms with Crippen molar-refractivity contribution in [3.05, 3.63) is 0 Å². The molecule has 0 aromatic rings. The van der Waals surface area contributed by atoms with Crippen LogP contribution in [0.2, 0.25) is 0 Å². The van der Waals surface area contributed by atoms with Gasteiger partial charge in [-0.1, -0.05) is 0 Å². The summed E-state index contributed by atoms with van der Waals surface area (Å²) in [6.45, 7) is 6.00. The van der Waals surface area contributed by atoms with Crippen molar-refractivity contribution in [2.45, 2.75) is 31.2 Å². The lowest BCUT2D eigenvalue weighted by molar-refractivity contribution is -0.156. The molecular formula is C14H27N3O2. The minimum Gasteiger partial charge on any atom is -0.468 e. The summed E-state index contributed by atoms with van der Waals surface area (Å²) in [4.78, 5) is 17.2.